The summed E-state index contributed by atoms with van der Waals surface area (Å²) in [6, 6.07) is 14.0. The summed E-state index contributed by atoms with van der Waals surface area (Å²) in [6.45, 7) is -0.165. The van der Waals surface area contributed by atoms with E-state index < -0.39 is 5.97 Å². The molecule has 0 spiro atoms. The van der Waals surface area contributed by atoms with Crippen LogP contribution in [0.5, 0.6) is 11.5 Å². The van der Waals surface area contributed by atoms with Gasteiger partial charge < -0.3 is 18.7 Å². The molecule has 0 aliphatic rings. The summed E-state index contributed by atoms with van der Waals surface area (Å²) in [4.78, 5) is 16.1. The van der Waals surface area contributed by atoms with Gasteiger partial charge in [-0.05, 0) is 35.9 Å². The molecule has 0 aliphatic heterocycles. The molecule has 0 fully saturated rings. The number of hydrogen-bond donors (Lipinski definition) is 0. The minimum atomic E-state index is -0.559. The van der Waals surface area contributed by atoms with Crippen molar-refractivity contribution in [3.8, 4) is 29.0 Å². The van der Waals surface area contributed by atoms with Crippen LogP contribution in [0.15, 0.2) is 53.1 Å². The summed E-state index contributed by atoms with van der Waals surface area (Å²) in [5.41, 5.74) is 1.94. The zero-order chi connectivity index (χ0) is 20.6. The second-order valence-corrected chi connectivity index (χ2v) is 5.75. The van der Waals surface area contributed by atoms with Gasteiger partial charge in [0.25, 0.3) is 5.89 Å². The summed E-state index contributed by atoms with van der Waals surface area (Å²) >= 11 is 0. The minimum Gasteiger partial charge on any atom is -0.497 e. The van der Waals surface area contributed by atoms with Crippen molar-refractivity contribution in [3.05, 3.63) is 65.6 Å². The summed E-state index contributed by atoms with van der Waals surface area (Å²) in [5.74, 6) is 1.06. The zero-order valence-corrected chi connectivity index (χ0v) is 15.8. The number of esters is 1. The van der Waals surface area contributed by atoms with Gasteiger partial charge in [0.1, 0.15) is 11.5 Å². The van der Waals surface area contributed by atoms with E-state index in [2.05, 4.69) is 10.1 Å². The lowest BCUT2D eigenvalue weighted by molar-refractivity contribution is -0.139. The molecule has 0 atom stereocenters. The zero-order valence-electron chi connectivity index (χ0n) is 15.8. The molecule has 3 rings (SSSR count). The fraction of sp³-hybridized carbons (Fsp3) is 0.143. The van der Waals surface area contributed by atoms with Gasteiger partial charge in [0.05, 0.1) is 31.4 Å². The normalized spacial score (nSPS) is 10.5. The monoisotopic (exact) mass is 391 g/mol. The first-order valence-electron chi connectivity index (χ1n) is 8.53. The van der Waals surface area contributed by atoms with Gasteiger partial charge in [0.15, 0.2) is 6.61 Å². The van der Waals surface area contributed by atoms with Gasteiger partial charge in [-0.15, -0.1) is 0 Å². The Kier molecular flexibility index (Phi) is 6.22. The van der Waals surface area contributed by atoms with Gasteiger partial charge in [0, 0.05) is 12.1 Å². The Labute approximate surface area is 166 Å². The van der Waals surface area contributed by atoms with Crippen LogP contribution in [0.4, 0.5) is 0 Å². The Bertz CT molecular complexity index is 1060. The molecule has 0 aliphatic carbocycles. The van der Waals surface area contributed by atoms with E-state index in [4.69, 9.17) is 24.0 Å². The van der Waals surface area contributed by atoms with Crippen molar-refractivity contribution < 1.29 is 23.5 Å². The highest BCUT2D eigenvalue weighted by atomic mass is 16.6. The smallest absolute Gasteiger partial charge is 0.331 e. The number of carbonyl (C=O) groups is 1. The number of carbonyl (C=O) groups excluding carboxylic acids is 1. The third kappa shape index (κ3) is 4.99. The number of nitriles is 1. The average Bonchev–Trinajstić information content (AvgIpc) is 3.25. The lowest BCUT2D eigenvalue weighted by Gasteiger charge is -2.07. The van der Waals surface area contributed by atoms with Crippen LogP contribution in [-0.4, -0.2) is 30.3 Å². The number of hydrogen-bond acceptors (Lipinski definition) is 8. The summed E-state index contributed by atoms with van der Waals surface area (Å²) in [5, 5.41) is 12.7. The highest BCUT2D eigenvalue weighted by Crippen LogP contribution is 2.31. The molecule has 0 saturated heterocycles. The van der Waals surface area contributed by atoms with Crippen molar-refractivity contribution in [3.63, 3.8) is 0 Å². The van der Waals surface area contributed by atoms with Crippen LogP contribution in [0.2, 0.25) is 0 Å². The number of nitrogens with zero attached hydrogens (tertiary/aromatic N) is 3. The van der Waals surface area contributed by atoms with Crippen LogP contribution in [0.3, 0.4) is 0 Å². The maximum atomic E-state index is 11.9. The third-order valence-corrected chi connectivity index (χ3v) is 3.91. The molecule has 146 valence electrons. The van der Waals surface area contributed by atoms with Crippen molar-refractivity contribution in [2.45, 2.75) is 6.61 Å². The van der Waals surface area contributed by atoms with E-state index in [9.17, 15) is 4.79 Å². The van der Waals surface area contributed by atoms with E-state index in [1.165, 1.54) is 13.2 Å². The van der Waals surface area contributed by atoms with Crippen LogP contribution in [0.1, 0.15) is 17.0 Å². The number of ether oxygens (including phenoxy) is 3. The maximum absolute atomic E-state index is 11.9. The Morgan fingerprint density at radius 2 is 1.97 bits per heavy atom. The molecular weight excluding hydrogens is 374 g/mol. The summed E-state index contributed by atoms with van der Waals surface area (Å²) < 4.78 is 20.7. The fourth-order valence-electron chi connectivity index (χ4n) is 2.42. The lowest BCUT2D eigenvalue weighted by Crippen LogP contribution is -2.01. The van der Waals surface area contributed by atoms with Crippen LogP contribution < -0.4 is 9.47 Å². The Hall–Kier alpha value is -4.12. The molecule has 0 bridgehead atoms. The third-order valence-electron chi connectivity index (χ3n) is 3.91. The maximum Gasteiger partial charge on any atom is 0.331 e. The highest BCUT2D eigenvalue weighted by Gasteiger charge is 2.15. The first kappa shape index (κ1) is 19.6. The van der Waals surface area contributed by atoms with Gasteiger partial charge >= 0.3 is 5.97 Å². The van der Waals surface area contributed by atoms with Crippen molar-refractivity contribution in [1.29, 1.82) is 5.26 Å². The van der Waals surface area contributed by atoms with E-state index in [1.807, 2.05) is 6.07 Å². The Morgan fingerprint density at radius 3 is 2.66 bits per heavy atom. The molecule has 0 radical (unpaired) electrons. The van der Waals surface area contributed by atoms with Crippen molar-refractivity contribution in [2.75, 3.05) is 14.2 Å². The van der Waals surface area contributed by atoms with Gasteiger partial charge in [-0.3, -0.25) is 0 Å². The van der Waals surface area contributed by atoms with E-state index in [0.29, 0.717) is 28.5 Å². The SMILES string of the molecule is COc1ccc(-c2noc(COC(=O)/C=C/c3ccc(C#N)cc3)n2)c(OC)c1. The molecule has 8 nitrogen and oxygen atoms in total. The van der Waals surface area contributed by atoms with Gasteiger partial charge in [-0.1, -0.05) is 17.3 Å². The highest BCUT2D eigenvalue weighted by molar-refractivity contribution is 5.87. The van der Waals surface area contributed by atoms with Crippen molar-refractivity contribution in [2.24, 2.45) is 0 Å². The van der Waals surface area contributed by atoms with Crippen LogP contribution in [0.25, 0.3) is 17.5 Å². The van der Waals surface area contributed by atoms with E-state index in [1.54, 1.807) is 55.7 Å². The molecule has 0 N–H and O–H groups in total. The summed E-state index contributed by atoms with van der Waals surface area (Å²) in [7, 11) is 3.09. The number of rotatable bonds is 7. The number of methoxy groups -OCH3 is 2. The molecule has 1 heterocycles. The lowest BCUT2D eigenvalue weighted by atomic mass is 10.1. The molecule has 8 heteroatoms. The largest absolute Gasteiger partial charge is 0.497 e. The Balaban J connectivity index is 1.61. The second kappa shape index (κ2) is 9.19. The van der Waals surface area contributed by atoms with Crippen molar-refractivity contribution >= 4 is 12.0 Å². The fourth-order valence-corrected chi connectivity index (χ4v) is 2.42. The van der Waals surface area contributed by atoms with Gasteiger partial charge in [-0.25, -0.2) is 4.79 Å². The second-order valence-electron chi connectivity index (χ2n) is 5.75. The molecule has 0 amide bonds. The first-order valence-corrected chi connectivity index (χ1v) is 8.53. The molecule has 29 heavy (non-hydrogen) atoms. The quantitative estimate of drug-likeness (QED) is 0.446. The number of aromatic nitrogens is 2. The van der Waals surface area contributed by atoms with Crippen LogP contribution in [-0.2, 0) is 16.1 Å². The van der Waals surface area contributed by atoms with Gasteiger partial charge in [0.2, 0.25) is 5.82 Å². The predicted molar refractivity (Wildman–Crippen MR) is 103 cm³/mol. The Morgan fingerprint density at radius 1 is 1.17 bits per heavy atom. The molecule has 1 aromatic heterocycles. The first-order chi connectivity index (χ1) is 14.1. The van der Waals surface area contributed by atoms with Gasteiger partial charge in [-0.2, -0.15) is 10.2 Å². The molecular formula is C21H17N3O5. The molecule has 0 saturated carbocycles. The number of benzene rings is 2. The molecule has 2 aromatic carbocycles. The van der Waals surface area contributed by atoms with E-state index >= 15 is 0 Å². The standard InChI is InChI=1S/C21H17N3O5/c1-26-16-8-9-17(18(11-16)27-2)21-23-19(29-24-21)13-28-20(25)10-7-14-3-5-15(12-22)6-4-14/h3-11H,13H2,1-2H3/b10-7+. The molecule has 0 unspecified atom stereocenters. The summed E-state index contributed by atoms with van der Waals surface area (Å²) in [6.07, 6.45) is 2.87. The molecule has 3 aromatic rings. The predicted octanol–water partition coefficient (Wildman–Crippen LogP) is 3.38. The van der Waals surface area contributed by atoms with Crippen LogP contribution >= 0.6 is 0 Å². The topological polar surface area (TPSA) is 107 Å². The van der Waals surface area contributed by atoms with E-state index in [-0.39, 0.29) is 12.5 Å². The van der Waals surface area contributed by atoms with Crippen molar-refractivity contribution in [1.82, 2.24) is 10.1 Å². The van der Waals surface area contributed by atoms with E-state index in [0.717, 1.165) is 5.56 Å². The van der Waals surface area contributed by atoms with Crippen LogP contribution in [0, 0.1) is 11.3 Å². The minimum absolute atomic E-state index is 0.151. The average molecular weight is 391 g/mol.